The fourth-order valence-electron chi connectivity index (χ4n) is 3.46. The van der Waals surface area contributed by atoms with Crippen LogP contribution in [0.4, 0.5) is 4.39 Å². The number of likely N-dealkylation sites (tertiary alicyclic amines) is 1. The third-order valence-electron chi connectivity index (χ3n) is 4.86. The van der Waals surface area contributed by atoms with Crippen LogP contribution in [0.1, 0.15) is 29.8 Å². The van der Waals surface area contributed by atoms with Gasteiger partial charge in [-0.3, -0.25) is 0 Å². The summed E-state index contributed by atoms with van der Waals surface area (Å²) in [6.45, 7) is 8.15. The van der Waals surface area contributed by atoms with Gasteiger partial charge < -0.3 is 15.3 Å². The maximum atomic E-state index is 13.1. The van der Waals surface area contributed by atoms with Crippen LogP contribution in [-0.4, -0.2) is 52.1 Å². The topological polar surface area (TPSA) is 53.3 Å². The number of hydrogen-bond acceptors (Lipinski definition) is 4. The molecule has 5 nitrogen and oxygen atoms in total. The number of aliphatic hydroxyl groups excluding tert-OH is 1. The molecule has 0 saturated carbocycles. The molecule has 2 aromatic rings. The van der Waals surface area contributed by atoms with Gasteiger partial charge in [-0.2, -0.15) is 5.10 Å². The third kappa shape index (κ3) is 4.45. The largest absolute Gasteiger partial charge is 0.390 e. The van der Waals surface area contributed by atoms with Gasteiger partial charge in [0.2, 0.25) is 0 Å². The summed E-state index contributed by atoms with van der Waals surface area (Å²) in [6, 6.07) is 6.34. The Morgan fingerprint density at radius 2 is 1.88 bits per heavy atom. The van der Waals surface area contributed by atoms with Gasteiger partial charge in [0, 0.05) is 30.9 Å². The van der Waals surface area contributed by atoms with E-state index >= 15 is 0 Å². The Bertz CT molecular complexity index is 692. The summed E-state index contributed by atoms with van der Waals surface area (Å²) in [6.07, 6.45) is 2.12. The van der Waals surface area contributed by atoms with Crippen LogP contribution >= 0.6 is 0 Å². The zero-order valence-electron chi connectivity index (χ0n) is 15.0. The second kappa shape index (κ2) is 8.08. The number of nitrogens with zero attached hydrogens (tertiary/aromatic N) is 3. The molecule has 1 aromatic carbocycles. The van der Waals surface area contributed by atoms with Crippen LogP contribution in [0.5, 0.6) is 0 Å². The number of aryl methyl sites for hydroxylation is 1. The maximum Gasteiger partial charge on any atom is 0.123 e. The second-order valence-electron chi connectivity index (χ2n) is 6.83. The van der Waals surface area contributed by atoms with E-state index in [-0.39, 0.29) is 11.9 Å². The molecule has 1 aliphatic rings. The van der Waals surface area contributed by atoms with Crippen LogP contribution in [0.25, 0.3) is 5.69 Å². The predicted octanol–water partition coefficient (Wildman–Crippen LogP) is 2.17. The number of aromatic nitrogens is 2. The number of halogens is 1. The third-order valence-corrected chi connectivity index (χ3v) is 4.86. The van der Waals surface area contributed by atoms with Crippen molar-refractivity contribution in [2.45, 2.75) is 39.3 Å². The van der Waals surface area contributed by atoms with E-state index in [0.29, 0.717) is 13.1 Å². The highest BCUT2D eigenvalue weighted by atomic mass is 19.1. The standard InChI is InChI=1S/C19H27FN4O/c1-14-19(12-21-11-18(25)13-23-9-3-4-10-23)15(2)24(22-14)17-7-5-16(20)6-8-17/h5-8,18,21,25H,3-4,9-13H2,1-2H3. The van der Waals surface area contributed by atoms with Crippen molar-refractivity contribution in [3.63, 3.8) is 0 Å². The number of β-amino-alcohol motifs (C(OH)–C–C–N with tert-alkyl or cyclic N) is 1. The van der Waals surface area contributed by atoms with Crippen molar-refractivity contribution in [1.82, 2.24) is 20.0 Å². The van der Waals surface area contributed by atoms with Crippen molar-refractivity contribution in [1.29, 1.82) is 0 Å². The highest BCUT2D eigenvalue weighted by Crippen LogP contribution is 2.18. The van der Waals surface area contributed by atoms with Crippen LogP contribution in [0, 0.1) is 19.7 Å². The lowest BCUT2D eigenvalue weighted by atomic mass is 10.2. The van der Waals surface area contributed by atoms with Gasteiger partial charge in [-0.05, 0) is 64.0 Å². The fraction of sp³-hybridized carbons (Fsp3) is 0.526. The van der Waals surface area contributed by atoms with Gasteiger partial charge in [-0.25, -0.2) is 9.07 Å². The number of aliphatic hydroxyl groups is 1. The van der Waals surface area contributed by atoms with Gasteiger partial charge in [0.25, 0.3) is 0 Å². The van der Waals surface area contributed by atoms with Crippen molar-refractivity contribution in [2.75, 3.05) is 26.2 Å². The first-order valence-corrected chi connectivity index (χ1v) is 8.97. The Labute approximate surface area is 148 Å². The minimum Gasteiger partial charge on any atom is -0.390 e. The maximum absolute atomic E-state index is 13.1. The number of rotatable bonds is 7. The van der Waals surface area contributed by atoms with Gasteiger partial charge in [-0.15, -0.1) is 0 Å². The average Bonchev–Trinajstić information content (AvgIpc) is 3.18. The molecule has 2 N–H and O–H groups in total. The van der Waals surface area contributed by atoms with E-state index in [2.05, 4.69) is 15.3 Å². The first-order chi connectivity index (χ1) is 12.0. The van der Waals surface area contributed by atoms with Gasteiger partial charge in [-0.1, -0.05) is 0 Å². The molecule has 1 aliphatic heterocycles. The molecular weight excluding hydrogens is 319 g/mol. The minimum absolute atomic E-state index is 0.251. The van der Waals surface area contributed by atoms with Crippen LogP contribution in [0.2, 0.25) is 0 Å². The van der Waals surface area contributed by atoms with Gasteiger partial charge in [0.1, 0.15) is 5.82 Å². The van der Waals surface area contributed by atoms with Gasteiger partial charge >= 0.3 is 0 Å². The van der Waals surface area contributed by atoms with Crippen molar-refractivity contribution < 1.29 is 9.50 Å². The smallest absolute Gasteiger partial charge is 0.123 e. The fourth-order valence-corrected chi connectivity index (χ4v) is 3.46. The summed E-state index contributed by atoms with van der Waals surface area (Å²) in [5.41, 5.74) is 3.95. The van der Waals surface area contributed by atoms with E-state index in [1.165, 1.54) is 25.0 Å². The first kappa shape index (κ1) is 18.0. The van der Waals surface area contributed by atoms with Crippen molar-refractivity contribution in [2.24, 2.45) is 0 Å². The van der Waals surface area contributed by atoms with Crippen LogP contribution in [0.15, 0.2) is 24.3 Å². The Hall–Kier alpha value is -1.76. The van der Waals surface area contributed by atoms with E-state index in [1.54, 1.807) is 12.1 Å². The monoisotopic (exact) mass is 346 g/mol. The Balaban J connectivity index is 1.58. The Morgan fingerprint density at radius 3 is 2.56 bits per heavy atom. The molecule has 3 rings (SSSR count). The normalized spacial score (nSPS) is 16.5. The van der Waals surface area contributed by atoms with Crippen LogP contribution in [-0.2, 0) is 6.54 Å². The molecule has 2 heterocycles. The molecule has 0 radical (unpaired) electrons. The van der Waals surface area contributed by atoms with Crippen LogP contribution in [0.3, 0.4) is 0 Å². The van der Waals surface area contributed by atoms with E-state index in [0.717, 1.165) is 42.3 Å². The van der Waals surface area contributed by atoms with Crippen molar-refractivity contribution in [3.05, 3.63) is 47.0 Å². The lowest BCUT2D eigenvalue weighted by Crippen LogP contribution is -2.36. The molecule has 1 unspecified atom stereocenters. The van der Waals surface area contributed by atoms with Gasteiger partial charge in [0.15, 0.2) is 0 Å². The first-order valence-electron chi connectivity index (χ1n) is 8.97. The molecule has 6 heteroatoms. The number of hydrogen-bond donors (Lipinski definition) is 2. The zero-order valence-corrected chi connectivity index (χ0v) is 15.0. The molecular formula is C19H27FN4O. The molecule has 136 valence electrons. The summed E-state index contributed by atoms with van der Waals surface area (Å²) in [4.78, 5) is 2.31. The van der Waals surface area contributed by atoms with E-state index < -0.39 is 0 Å². The van der Waals surface area contributed by atoms with Crippen molar-refractivity contribution in [3.8, 4) is 5.69 Å². The van der Waals surface area contributed by atoms with Crippen molar-refractivity contribution >= 4 is 0 Å². The molecule has 25 heavy (non-hydrogen) atoms. The summed E-state index contributed by atoms with van der Waals surface area (Å²) in [7, 11) is 0. The lowest BCUT2D eigenvalue weighted by molar-refractivity contribution is 0.123. The van der Waals surface area contributed by atoms with Gasteiger partial charge in [0.05, 0.1) is 17.5 Å². The predicted molar refractivity (Wildman–Crippen MR) is 96.4 cm³/mol. The summed E-state index contributed by atoms with van der Waals surface area (Å²) < 4.78 is 14.9. The highest BCUT2D eigenvalue weighted by molar-refractivity contribution is 5.37. The minimum atomic E-state index is -0.356. The van der Waals surface area contributed by atoms with E-state index in [9.17, 15) is 9.50 Å². The molecule has 1 aromatic heterocycles. The Kier molecular flexibility index (Phi) is 5.83. The molecule has 0 aliphatic carbocycles. The average molecular weight is 346 g/mol. The van der Waals surface area contributed by atoms with Crippen LogP contribution < -0.4 is 5.32 Å². The summed E-state index contributed by atoms with van der Waals surface area (Å²) >= 11 is 0. The van der Waals surface area contributed by atoms with E-state index in [4.69, 9.17) is 0 Å². The van der Waals surface area contributed by atoms with E-state index in [1.807, 2.05) is 18.5 Å². The molecule has 1 atom stereocenters. The molecule has 1 fully saturated rings. The molecule has 0 spiro atoms. The number of benzene rings is 1. The molecule has 0 bridgehead atoms. The number of nitrogens with one attached hydrogen (secondary N) is 1. The molecule has 0 amide bonds. The quantitative estimate of drug-likeness (QED) is 0.807. The highest BCUT2D eigenvalue weighted by Gasteiger charge is 2.16. The zero-order chi connectivity index (χ0) is 17.8. The summed E-state index contributed by atoms with van der Waals surface area (Å²) in [5, 5.41) is 18.1. The summed E-state index contributed by atoms with van der Waals surface area (Å²) in [5.74, 6) is -0.251. The second-order valence-corrected chi connectivity index (χ2v) is 6.83. The Morgan fingerprint density at radius 1 is 1.20 bits per heavy atom. The lowest BCUT2D eigenvalue weighted by Gasteiger charge is -2.19. The molecule has 1 saturated heterocycles. The SMILES string of the molecule is Cc1nn(-c2ccc(F)cc2)c(C)c1CNCC(O)CN1CCCC1.